The third-order valence-electron chi connectivity index (χ3n) is 2.77. The molecular formula is C10H20N2O3. The molecule has 1 atom stereocenters. The summed E-state index contributed by atoms with van der Waals surface area (Å²) in [5.74, 6) is 0.244. The van der Waals surface area contributed by atoms with E-state index in [0.29, 0.717) is 13.2 Å². The van der Waals surface area contributed by atoms with E-state index in [1.54, 1.807) is 0 Å². The average molecular weight is 216 g/mol. The van der Waals surface area contributed by atoms with Crippen molar-refractivity contribution in [1.29, 1.82) is 0 Å². The average Bonchev–Trinajstić information content (AvgIpc) is 2.69. The van der Waals surface area contributed by atoms with E-state index in [2.05, 4.69) is 5.16 Å². The molecule has 1 unspecified atom stereocenters. The summed E-state index contributed by atoms with van der Waals surface area (Å²) in [4.78, 5) is 0. The summed E-state index contributed by atoms with van der Waals surface area (Å²) < 4.78 is 10.8. The van der Waals surface area contributed by atoms with Crippen LogP contribution in [-0.2, 0) is 9.47 Å². The highest BCUT2D eigenvalue weighted by atomic mass is 16.5. The first-order valence-electron chi connectivity index (χ1n) is 5.23. The number of nitrogens with two attached hydrogens (primary N) is 1. The van der Waals surface area contributed by atoms with E-state index in [4.69, 9.17) is 20.4 Å². The molecule has 1 aliphatic rings. The molecule has 3 N–H and O–H groups in total. The lowest BCUT2D eigenvalue weighted by molar-refractivity contribution is 0.0335. The summed E-state index contributed by atoms with van der Waals surface area (Å²) >= 11 is 0. The molecular weight excluding hydrogens is 196 g/mol. The molecule has 1 rings (SSSR count). The number of hydrogen-bond donors (Lipinski definition) is 2. The Hall–Kier alpha value is -0.810. The third-order valence-corrected chi connectivity index (χ3v) is 2.77. The summed E-state index contributed by atoms with van der Waals surface area (Å²) in [6, 6.07) is 0. The lowest BCUT2D eigenvalue weighted by Crippen LogP contribution is -2.33. The van der Waals surface area contributed by atoms with Gasteiger partial charge in [-0.1, -0.05) is 19.0 Å². The summed E-state index contributed by atoms with van der Waals surface area (Å²) in [6.07, 6.45) is 1.91. The second kappa shape index (κ2) is 5.32. The molecule has 0 bridgehead atoms. The van der Waals surface area contributed by atoms with Gasteiger partial charge in [0, 0.05) is 18.6 Å². The standard InChI is InChI=1S/C10H20N2O3/c1-10(2,9(11)12-13)4-6-15-8-3-5-14-7-8/h8,13H,3-7H2,1-2H3,(H2,11,12). The van der Waals surface area contributed by atoms with E-state index >= 15 is 0 Å². The Morgan fingerprint density at radius 2 is 2.40 bits per heavy atom. The zero-order valence-electron chi connectivity index (χ0n) is 9.40. The van der Waals surface area contributed by atoms with Gasteiger partial charge in [0.15, 0.2) is 0 Å². The molecule has 5 heteroatoms. The molecule has 0 aromatic rings. The number of ether oxygens (including phenoxy) is 2. The Morgan fingerprint density at radius 1 is 1.67 bits per heavy atom. The van der Waals surface area contributed by atoms with Crippen LogP contribution in [0.15, 0.2) is 5.16 Å². The number of oxime groups is 1. The van der Waals surface area contributed by atoms with Gasteiger partial charge in [-0.15, -0.1) is 0 Å². The predicted molar refractivity (Wildman–Crippen MR) is 57.0 cm³/mol. The normalized spacial score (nSPS) is 23.3. The molecule has 15 heavy (non-hydrogen) atoms. The van der Waals surface area contributed by atoms with Crippen molar-refractivity contribution in [3.63, 3.8) is 0 Å². The summed E-state index contributed by atoms with van der Waals surface area (Å²) in [7, 11) is 0. The van der Waals surface area contributed by atoms with Crippen molar-refractivity contribution in [2.24, 2.45) is 16.3 Å². The molecule has 0 aliphatic carbocycles. The van der Waals surface area contributed by atoms with Gasteiger partial charge in [0.1, 0.15) is 5.84 Å². The van der Waals surface area contributed by atoms with Crippen LogP contribution in [0.3, 0.4) is 0 Å². The van der Waals surface area contributed by atoms with Crippen LogP contribution >= 0.6 is 0 Å². The van der Waals surface area contributed by atoms with Gasteiger partial charge in [-0.05, 0) is 12.8 Å². The fourth-order valence-corrected chi connectivity index (χ4v) is 1.39. The molecule has 0 spiro atoms. The number of hydrogen-bond acceptors (Lipinski definition) is 4. The number of amidine groups is 1. The second-order valence-corrected chi connectivity index (χ2v) is 4.48. The van der Waals surface area contributed by atoms with Crippen molar-refractivity contribution >= 4 is 5.84 Å². The number of nitrogens with zero attached hydrogens (tertiary/aromatic N) is 1. The molecule has 88 valence electrons. The summed E-state index contributed by atoms with van der Waals surface area (Å²) in [6.45, 7) is 5.93. The Balaban J connectivity index is 2.23. The van der Waals surface area contributed by atoms with E-state index in [1.165, 1.54) is 0 Å². The monoisotopic (exact) mass is 216 g/mol. The van der Waals surface area contributed by atoms with Crippen molar-refractivity contribution in [3.8, 4) is 0 Å². The topological polar surface area (TPSA) is 77.1 Å². The van der Waals surface area contributed by atoms with Crippen molar-refractivity contribution in [2.45, 2.75) is 32.8 Å². The van der Waals surface area contributed by atoms with E-state index in [-0.39, 0.29) is 17.4 Å². The molecule has 1 fully saturated rings. The predicted octanol–water partition coefficient (Wildman–Crippen LogP) is 0.955. The first-order valence-corrected chi connectivity index (χ1v) is 5.23. The maximum atomic E-state index is 8.58. The fraction of sp³-hybridized carbons (Fsp3) is 0.900. The maximum Gasteiger partial charge on any atom is 0.144 e. The van der Waals surface area contributed by atoms with Gasteiger partial charge in [-0.2, -0.15) is 0 Å². The molecule has 0 aromatic carbocycles. The van der Waals surface area contributed by atoms with Gasteiger partial charge < -0.3 is 20.4 Å². The fourth-order valence-electron chi connectivity index (χ4n) is 1.39. The van der Waals surface area contributed by atoms with Gasteiger partial charge in [0.2, 0.25) is 0 Å². The maximum absolute atomic E-state index is 8.58. The lowest BCUT2D eigenvalue weighted by atomic mass is 9.88. The van der Waals surface area contributed by atoms with Gasteiger partial charge in [-0.3, -0.25) is 0 Å². The molecule has 1 aliphatic heterocycles. The second-order valence-electron chi connectivity index (χ2n) is 4.48. The van der Waals surface area contributed by atoms with Crippen LogP contribution in [0, 0.1) is 5.41 Å². The molecule has 1 saturated heterocycles. The van der Waals surface area contributed by atoms with Crippen molar-refractivity contribution < 1.29 is 14.7 Å². The van der Waals surface area contributed by atoms with Crippen LogP contribution < -0.4 is 5.73 Å². The molecule has 0 aromatic heterocycles. The van der Waals surface area contributed by atoms with Crippen LogP contribution in [0.1, 0.15) is 26.7 Å². The SMILES string of the molecule is CC(C)(CCOC1CCOC1)C(N)=NO. The first-order chi connectivity index (χ1) is 7.06. The zero-order valence-corrected chi connectivity index (χ0v) is 9.40. The smallest absolute Gasteiger partial charge is 0.144 e. The third kappa shape index (κ3) is 3.68. The van der Waals surface area contributed by atoms with Crippen LogP contribution in [0.5, 0.6) is 0 Å². The van der Waals surface area contributed by atoms with Crippen LogP contribution in [0.4, 0.5) is 0 Å². The van der Waals surface area contributed by atoms with E-state index in [1.807, 2.05) is 13.8 Å². The highest BCUT2D eigenvalue weighted by Crippen LogP contribution is 2.21. The minimum absolute atomic E-state index is 0.216. The van der Waals surface area contributed by atoms with E-state index in [0.717, 1.165) is 19.4 Å². The highest BCUT2D eigenvalue weighted by molar-refractivity contribution is 5.85. The Morgan fingerprint density at radius 3 is 2.93 bits per heavy atom. The minimum atomic E-state index is -0.325. The summed E-state index contributed by atoms with van der Waals surface area (Å²) in [5.41, 5.74) is 5.24. The van der Waals surface area contributed by atoms with Gasteiger partial charge in [-0.25, -0.2) is 0 Å². The lowest BCUT2D eigenvalue weighted by Gasteiger charge is -2.23. The zero-order chi connectivity index (χ0) is 11.3. The molecule has 0 amide bonds. The number of rotatable bonds is 5. The van der Waals surface area contributed by atoms with E-state index in [9.17, 15) is 0 Å². The Labute approximate surface area is 90.2 Å². The quantitative estimate of drug-likeness (QED) is 0.310. The van der Waals surface area contributed by atoms with Gasteiger partial charge in [0.25, 0.3) is 0 Å². The van der Waals surface area contributed by atoms with Crippen LogP contribution in [0.25, 0.3) is 0 Å². The van der Waals surface area contributed by atoms with E-state index < -0.39 is 0 Å². The minimum Gasteiger partial charge on any atom is -0.409 e. The van der Waals surface area contributed by atoms with Crippen molar-refractivity contribution in [1.82, 2.24) is 0 Å². The Kier molecular flexibility index (Phi) is 4.35. The summed E-state index contributed by atoms with van der Waals surface area (Å²) in [5, 5.41) is 11.6. The largest absolute Gasteiger partial charge is 0.409 e. The van der Waals surface area contributed by atoms with Crippen LogP contribution in [0.2, 0.25) is 0 Å². The van der Waals surface area contributed by atoms with Gasteiger partial charge >= 0.3 is 0 Å². The first kappa shape index (κ1) is 12.3. The van der Waals surface area contributed by atoms with Crippen molar-refractivity contribution in [2.75, 3.05) is 19.8 Å². The highest BCUT2D eigenvalue weighted by Gasteiger charge is 2.24. The van der Waals surface area contributed by atoms with Crippen molar-refractivity contribution in [3.05, 3.63) is 0 Å². The molecule has 0 radical (unpaired) electrons. The Bertz CT molecular complexity index is 223. The van der Waals surface area contributed by atoms with Gasteiger partial charge in [0.05, 0.1) is 12.7 Å². The van der Waals surface area contributed by atoms with Crippen LogP contribution in [-0.4, -0.2) is 37.0 Å². The molecule has 1 heterocycles. The molecule has 0 saturated carbocycles. The molecule has 5 nitrogen and oxygen atoms in total.